The van der Waals surface area contributed by atoms with Gasteiger partial charge in [-0.25, -0.2) is 9.59 Å². The Morgan fingerprint density at radius 1 is 1.28 bits per heavy atom. The zero-order chi connectivity index (χ0) is 17.8. The van der Waals surface area contributed by atoms with E-state index in [0.717, 1.165) is 29.7 Å². The van der Waals surface area contributed by atoms with E-state index >= 15 is 0 Å². The zero-order valence-corrected chi connectivity index (χ0v) is 15.2. The van der Waals surface area contributed by atoms with Gasteiger partial charge in [0.25, 0.3) is 0 Å². The van der Waals surface area contributed by atoms with Crippen LogP contribution in [0.2, 0.25) is 0 Å². The lowest BCUT2D eigenvalue weighted by atomic mass is 9.88. The minimum absolute atomic E-state index is 0.299. The number of para-hydroxylation sites is 1. The molecule has 1 aromatic heterocycles. The zero-order valence-electron chi connectivity index (χ0n) is 14.3. The Bertz CT molecular complexity index is 769. The minimum atomic E-state index is -0.608. The summed E-state index contributed by atoms with van der Waals surface area (Å²) < 4.78 is 10.5. The molecule has 132 valence electrons. The molecule has 0 fully saturated rings. The van der Waals surface area contributed by atoms with Gasteiger partial charge in [-0.15, -0.1) is 11.3 Å². The molecule has 0 spiro atoms. The molecule has 0 radical (unpaired) electrons. The maximum absolute atomic E-state index is 12.4. The second-order valence-corrected chi connectivity index (χ2v) is 7.21. The Kier molecular flexibility index (Phi) is 5.38. The number of benzene rings is 1. The van der Waals surface area contributed by atoms with Gasteiger partial charge in [0.2, 0.25) is 0 Å². The first-order valence-corrected chi connectivity index (χ1v) is 9.25. The van der Waals surface area contributed by atoms with Crippen LogP contribution in [-0.2, 0) is 17.6 Å². The monoisotopic (exact) mass is 359 g/mol. The van der Waals surface area contributed by atoms with Crippen molar-refractivity contribution in [2.75, 3.05) is 11.9 Å². The molecule has 0 aliphatic heterocycles. The SMILES string of the molecule is CCOC(=O)c1c(NC(=O)Oc2ccccc2)sc2c1CCC(C)C2. The second-order valence-electron chi connectivity index (χ2n) is 6.10. The van der Waals surface area contributed by atoms with E-state index in [2.05, 4.69) is 12.2 Å². The first kappa shape index (κ1) is 17.5. The average molecular weight is 359 g/mol. The molecular formula is C19H21NO4S. The number of hydrogen-bond donors (Lipinski definition) is 1. The van der Waals surface area contributed by atoms with Gasteiger partial charge in [-0.05, 0) is 49.8 Å². The van der Waals surface area contributed by atoms with Gasteiger partial charge in [0.1, 0.15) is 10.8 Å². The Balaban J connectivity index is 1.84. The normalized spacial score (nSPS) is 16.0. The second kappa shape index (κ2) is 7.70. The Morgan fingerprint density at radius 2 is 2.04 bits per heavy atom. The molecule has 1 N–H and O–H groups in total. The fourth-order valence-corrected chi connectivity index (χ4v) is 4.36. The molecule has 1 heterocycles. The van der Waals surface area contributed by atoms with Crippen LogP contribution in [0.3, 0.4) is 0 Å². The van der Waals surface area contributed by atoms with E-state index in [9.17, 15) is 9.59 Å². The van der Waals surface area contributed by atoms with Gasteiger partial charge in [0, 0.05) is 4.88 Å². The summed E-state index contributed by atoms with van der Waals surface area (Å²) in [6.07, 6.45) is 2.17. The third-order valence-corrected chi connectivity index (χ3v) is 5.33. The van der Waals surface area contributed by atoms with Gasteiger partial charge in [-0.1, -0.05) is 25.1 Å². The molecule has 1 amide bonds. The van der Waals surface area contributed by atoms with Crippen LogP contribution in [-0.4, -0.2) is 18.7 Å². The highest BCUT2D eigenvalue weighted by atomic mass is 32.1. The predicted octanol–water partition coefficient (Wildman–Crippen LogP) is 4.66. The Labute approximate surface area is 151 Å². The van der Waals surface area contributed by atoms with Crippen LogP contribution in [0.15, 0.2) is 30.3 Å². The lowest BCUT2D eigenvalue weighted by Gasteiger charge is -2.18. The van der Waals surface area contributed by atoms with Gasteiger partial charge in [0.05, 0.1) is 12.2 Å². The average Bonchev–Trinajstić information content (AvgIpc) is 2.92. The Hall–Kier alpha value is -2.34. The van der Waals surface area contributed by atoms with Crippen LogP contribution >= 0.6 is 11.3 Å². The number of nitrogens with one attached hydrogen (secondary N) is 1. The van der Waals surface area contributed by atoms with Crippen LogP contribution in [0.1, 0.15) is 41.1 Å². The third-order valence-electron chi connectivity index (χ3n) is 4.16. The minimum Gasteiger partial charge on any atom is -0.462 e. The number of carbonyl (C=O) groups excluding carboxylic acids is 2. The summed E-state index contributed by atoms with van der Waals surface area (Å²) in [6, 6.07) is 8.83. The van der Waals surface area contributed by atoms with Crippen LogP contribution in [0.25, 0.3) is 0 Å². The summed E-state index contributed by atoms with van der Waals surface area (Å²) in [5.74, 6) is 0.641. The number of hydrogen-bond acceptors (Lipinski definition) is 5. The molecule has 1 unspecified atom stereocenters. The molecule has 1 atom stereocenters. The molecule has 0 saturated heterocycles. The molecule has 3 rings (SSSR count). The molecule has 2 aromatic rings. The molecule has 1 aromatic carbocycles. The summed E-state index contributed by atoms with van der Waals surface area (Å²) in [4.78, 5) is 25.8. The van der Waals surface area contributed by atoms with Gasteiger partial charge >= 0.3 is 12.1 Å². The van der Waals surface area contributed by atoms with Crippen LogP contribution in [0.5, 0.6) is 5.75 Å². The molecule has 0 saturated carbocycles. The molecule has 25 heavy (non-hydrogen) atoms. The topological polar surface area (TPSA) is 64.6 Å². The fraction of sp³-hybridized carbons (Fsp3) is 0.368. The first-order valence-electron chi connectivity index (χ1n) is 8.44. The number of thiophene rings is 1. The number of amides is 1. The molecule has 0 bridgehead atoms. The molecule has 1 aliphatic carbocycles. The standard InChI is InChI=1S/C19H21NO4S/c1-3-23-18(21)16-14-10-9-12(2)11-15(14)25-17(16)20-19(22)24-13-7-5-4-6-8-13/h4-8,12H,3,9-11H2,1-2H3,(H,20,22). The summed E-state index contributed by atoms with van der Waals surface area (Å²) in [5, 5.41) is 3.24. The Morgan fingerprint density at radius 3 is 2.76 bits per heavy atom. The van der Waals surface area contributed by atoms with E-state index < -0.39 is 6.09 Å². The summed E-state index contributed by atoms with van der Waals surface area (Å²) in [5.41, 5.74) is 1.50. The highest BCUT2D eigenvalue weighted by Gasteiger charge is 2.29. The van der Waals surface area contributed by atoms with E-state index in [0.29, 0.717) is 28.8 Å². The van der Waals surface area contributed by atoms with Gasteiger partial charge < -0.3 is 9.47 Å². The van der Waals surface area contributed by atoms with Gasteiger partial charge in [0.15, 0.2) is 0 Å². The van der Waals surface area contributed by atoms with Gasteiger partial charge in [-0.3, -0.25) is 5.32 Å². The maximum Gasteiger partial charge on any atom is 0.417 e. The predicted molar refractivity (Wildman–Crippen MR) is 97.6 cm³/mol. The number of esters is 1. The molecule has 5 nitrogen and oxygen atoms in total. The van der Waals surface area contributed by atoms with Crippen molar-refractivity contribution in [1.82, 2.24) is 0 Å². The van der Waals surface area contributed by atoms with Crippen molar-refractivity contribution in [3.63, 3.8) is 0 Å². The van der Waals surface area contributed by atoms with E-state index in [-0.39, 0.29) is 5.97 Å². The number of fused-ring (bicyclic) bond motifs is 1. The van der Waals surface area contributed by atoms with E-state index in [4.69, 9.17) is 9.47 Å². The van der Waals surface area contributed by atoms with Crippen molar-refractivity contribution in [3.8, 4) is 5.75 Å². The van der Waals surface area contributed by atoms with Crippen LogP contribution < -0.4 is 10.1 Å². The molecule has 6 heteroatoms. The smallest absolute Gasteiger partial charge is 0.417 e. The van der Waals surface area contributed by atoms with Crippen molar-refractivity contribution in [2.45, 2.75) is 33.1 Å². The quantitative estimate of drug-likeness (QED) is 0.806. The summed E-state index contributed by atoms with van der Waals surface area (Å²) in [7, 11) is 0. The summed E-state index contributed by atoms with van der Waals surface area (Å²) in [6.45, 7) is 4.27. The van der Waals surface area contributed by atoms with Crippen molar-refractivity contribution < 1.29 is 19.1 Å². The maximum atomic E-state index is 12.4. The fourth-order valence-electron chi connectivity index (χ4n) is 2.97. The molecule has 1 aliphatic rings. The van der Waals surface area contributed by atoms with E-state index in [1.54, 1.807) is 31.2 Å². The molecular weight excluding hydrogens is 338 g/mol. The van der Waals surface area contributed by atoms with Crippen molar-refractivity contribution in [3.05, 3.63) is 46.3 Å². The van der Waals surface area contributed by atoms with Crippen molar-refractivity contribution >= 4 is 28.4 Å². The van der Waals surface area contributed by atoms with E-state index in [1.807, 2.05) is 6.07 Å². The van der Waals surface area contributed by atoms with Crippen LogP contribution in [0, 0.1) is 5.92 Å². The lowest BCUT2D eigenvalue weighted by molar-refractivity contribution is 0.0526. The first-order chi connectivity index (χ1) is 12.1. The van der Waals surface area contributed by atoms with Crippen molar-refractivity contribution in [2.24, 2.45) is 5.92 Å². The van der Waals surface area contributed by atoms with Crippen molar-refractivity contribution in [1.29, 1.82) is 0 Å². The number of ether oxygens (including phenoxy) is 2. The number of anilines is 1. The number of rotatable bonds is 4. The number of carbonyl (C=O) groups is 2. The summed E-state index contributed by atoms with van der Waals surface area (Å²) >= 11 is 1.45. The third kappa shape index (κ3) is 4.02. The lowest BCUT2D eigenvalue weighted by Crippen LogP contribution is -2.19. The largest absolute Gasteiger partial charge is 0.462 e. The van der Waals surface area contributed by atoms with Gasteiger partial charge in [-0.2, -0.15) is 0 Å². The highest BCUT2D eigenvalue weighted by Crippen LogP contribution is 2.40. The van der Waals surface area contributed by atoms with E-state index in [1.165, 1.54) is 11.3 Å². The van der Waals surface area contributed by atoms with Crippen LogP contribution in [0.4, 0.5) is 9.80 Å². The highest BCUT2D eigenvalue weighted by molar-refractivity contribution is 7.17.